The van der Waals surface area contributed by atoms with E-state index in [0.29, 0.717) is 19.4 Å². The molecule has 1 saturated carbocycles. The first-order valence-electron chi connectivity index (χ1n) is 9.21. The third-order valence-corrected chi connectivity index (χ3v) is 4.72. The zero-order valence-corrected chi connectivity index (χ0v) is 15.1. The summed E-state index contributed by atoms with van der Waals surface area (Å²) in [5, 5.41) is 5.68. The summed E-state index contributed by atoms with van der Waals surface area (Å²) in [4.78, 5) is 25.0. The average molecular weight is 364 g/mol. The van der Waals surface area contributed by atoms with Crippen LogP contribution in [0.5, 0.6) is 0 Å². The molecule has 26 heavy (non-hydrogen) atoms. The van der Waals surface area contributed by atoms with Crippen LogP contribution in [0.3, 0.4) is 0 Å². The van der Waals surface area contributed by atoms with Gasteiger partial charge >= 0.3 is 0 Å². The summed E-state index contributed by atoms with van der Waals surface area (Å²) in [6.45, 7) is 2.61. The number of hydrogen-bond acceptors (Lipinski definition) is 2. The number of hydrogen-bond donors (Lipinski definition) is 2. The van der Waals surface area contributed by atoms with Gasteiger partial charge < -0.3 is 10.6 Å². The number of carbonyl (C=O) groups is 2. The number of halogens is 2. The van der Waals surface area contributed by atoms with Gasteiger partial charge in [-0.3, -0.25) is 9.59 Å². The maximum absolute atomic E-state index is 13.6. The quantitative estimate of drug-likeness (QED) is 0.572. The van der Waals surface area contributed by atoms with Crippen LogP contribution in [0.15, 0.2) is 24.3 Å². The molecule has 0 bridgehead atoms. The number of nitrogens with one attached hydrogen (secondary N) is 2. The zero-order chi connectivity index (χ0) is 19.0. The zero-order valence-electron chi connectivity index (χ0n) is 15.1. The SMILES string of the molecule is CCCCNC(=O)C1(NC(=O)/C=C/c2c(F)cccc2F)CCCCC1. The summed E-state index contributed by atoms with van der Waals surface area (Å²) in [5.41, 5.74) is -1.21. The molecule has 2 amide bonds. The highest BCUT2D eigenvalue weighted by Crippen LogP contribution is 2.28. The largest absolute Gasteiger partial charge is 0.354 e. The second kappa shape index (κ2) is 9.46. The number of rotatable bonds is 7. The van der Waals surface area contributed by atoms with Gasteiger partial charge in [0, 0.05) is 18.2 Å². The molecule has 6 heteroatoms. The highest BCUT2D eigenvalue weighted by molar-refractivity contribution is 5.97. The Balaban J connectivity index is 2.08. The standard InChI is InChI=1S/C20H26F2N2O2/c1-2-3-14-23-19(26)20(12-5-4-6-13-20)24-18(25)11-10-15-16(21)8-7-9-17(15)22/h7-11H,2-6,12-14H2,1H3,(H,23,26)(H,24,25)/b11-10+. The normalized spacial score (nSPS) is 16.4. The molecular formula is C20H26F2N2O2. The molecule has 4 nitrogen and oxygen atoms in total. The minimum Gasteiger partial charge on any atom is -0.354 e. The van der Waals surface area contributed by atoms with E-state index in [1.807, 2.05) is 6.92 Å². The van der Waals surface area contributed by atoms with Crippen LogP contribution in [-0.4, -0.2) is 23.9 Å². The lowest BCUT2D eigenvalue weighted by Gasteiger charge is -2.36. The van der Waals surface area contributed by atoms with Crippen LogP contribution in [0.25, 0.3) is 6.08 Å². The van der Waals surface area contributed by atoms with Crippen LogP contribution >= 0.6 is 0 Å². The predicted octanol–water partition coefficient (Wildman–Crippen LogP) is 3.71. The summed E-state index contributed by atoms with van der Waals surface area (Å²) in [5.74, 6) is -2.18. The van der Waals surface area contributed by atoms with Crippen LogP contribution in [-0.2, 0) is 9.59 Å². The van der Waals surface area contributed by atoms with Crippen LogP contribution in [0, 0.1) is 11.6 Å². The number of carbonyl (C=O) groups excluding carboxylic acids is 2. The first kappa shape index (κ1) is 20.1. The number of benzene rings is 1. The van der Waals surface area contributed by atoms with Crippen molar-refractivity contribution in [3.63, 3.8) is 0 Å². The molecule has 0 aromatic heterocycles. The van der Waals surface area contributed by atoms with Gasteiger partial charge in [0.05, 0.1) is 0 Å². The van der Waals surface area contributed by atoms with E-state index >= 15 is 0 Å². The molecule has 0 radical (unpaired) electrons. The summed E-state index contributed by atoms with van der Waals surface area (Å²) in [6, 6.07) is 3.52. The molecule has 1 fully saturated rings. The van der Waals surface area contributed by atoms with Crippen molar-refractivity contribution in [3.05, 3.63) is 41.5 Å². The van der Waals surface area contributed by atoms with E-state index in [-0.39, 0.29) is 11.5 Å². The first-order valence-corrected chi connectivity index (χ1v) is 9.21. The van der Waals surface area contributed by atoms with E-state index < -0.39 is 23.1 Å². The summed E-state index contributed by atoms with van der Waals surface area (Å²) >= 11 is 0. The van der Waals surface area contributed by atoms with Crippen molar-refractivity contribution in [1.82, 2.24) is 10.6 Å². The van der Waals surface area contributed by atoms with E-state index in [4.69, 9.17) is 0 Å². The lowest BCUT2D eigenvalue weighted by atomic mass is 9.80. The van der Waals surface area contributed by atoms with Crippen molar-refractivity contribution in [2.75, 3.05) is 6.54 Å². The van der Waals surface area contributed by atoms with Crippen LogP contribution < -0.4 is 10.6 Å². The average Bonchev–Trinajstić information content (AvgIpc) is 2.62. The maximum Gasteiger partial charge on any atom is 0.245 e. The minimum absolute atomic E-state index is 0.176. The smallest absolute Gasteiger partial charge is 0.245 e. The lowest BCUT2D eigenvalue weighted by Crippen LogP contribution is -2.59. The van der Waals surface area contributed by atoms with Gasteiger partial charge in [-0.05, 0) is 37.5 Å². The Kier molecular flexibility index (Phi) is 7.30. The topological polar surface area (TPSA) is 58.2 Å². The van der Waals surface area contributed by atoms with Crippen molar-refractivity contribution < 1.29 is 18.4 Å². The van der Waals surface area contributed by atoms with Crippen molar-refractivity contribution in [1.29, 1.82) is 0 Å². The van der Waals surface area contributed by atoms with E-state index in [2.05, 4.69) is 10.6 Å². The van der Waals surface area contributed by atoms with Crippen molar-refractivity contribution in [3.8, 4) is 0 Å². The van der Waals surface area contributed by atoms with Gasteiger partial charge in [0.15, 0.2) is 0 Å². The van der Waals surface area contributed by atoms with Crippen molar-refractivity contribution in [2.24, 2.45) is 0 Å². The van der Waals surface area contributed by atoms with Gasteiger partial charge in [0.25, 0.3) is 0 Å². The molecule has 1 aliphatic carbocycles. The van der Waals surface area contributed by atoms with Crippen molar-refractivity contribution in [2.45, 2.75) is 57.4 Å². The third-order valence-electron chi connectivity index (χ3n) is 4.72. The monoisotopic (exact) mass is 364 g/mol. The maximum atomic E-state index is 13.6. The Hall–Kier alpha value is -2.24. The van der Waals surface area contributed by atoms with E-state index in [1.165, 1.54) is 6.07 Å². The third kappa shape index (κ3) is 5.13. The van der Waals surface area contributed by atoms with Crippen LogP contribution in [0.4, 0.5) is 8.78 Å². The Labute approximate surface area is 153 Å². The van der Waals surface area contributed by atoms with Gasteiger partial charge in [0.2, 0.25) is 11.8 Å². The molecule has 0 spiro atoms. The Bertz CT molecular complexity index is 648. The Morgan fingerprint density at radius 2 is 1.81 bits per heavy atom. The van der Waals surface area contributed by atoms with E-state index in [9.17, 15) is 18.4 Å². The molecule has 2 N–H and O–H groups in total. The molecule has 2 rings (SSSR count). The number of unbranched alkanes of at least 4 members (excludes halogenated alkanes) is 1. The molecule has 1 aromatic carbocycles. The Morgan fingerprint density at radius 3 is 2.42 bits per heavy atom. The lowest BCUT2D eigenvalue weighted by molar-refractivity contribution is -0.133. The van der Waals surface area contributed by atoms with E-state index in [1.54, 1.807) is 0 Å². The predicted molar refractivity (Wildman–Crippen MR) is 97.3 cm³/mol. The molecule has 142 valence electrons. The molecule has 1 aliphatic rings. The molecule has 1 aromatic rings. The molecule has 0 unspecified atom stereocenters. The molecular weight excluding hydrogens is 338 g/mol. The number of amides is 2. The summed E-state index contributed by atoms with van der Waals surface area (Å²) in [6.07, 6.45) is 7.90. The summed E-state index contributed by atoms with van der Waals surface area (Å²) < 4.78 is 27.3. The van der Waals surface area contributed by atoms with Gasteiger partial charge in [-0.25, -0.2) is 8.78 Å². The molecule has 0 aliphatic heterocycles. The minimum atomic E-state index is -0.943. The van der Waals surface area contributed by atoms with Crippen molar-refractivity contribution >= 4 is 17.9 Å². The summed E-state index contributed by atoms with van der Waals surface area (Å²) in [7, 11) is 0. The Morgan fingerprint density at radius 1 is 1.15 bits per heavy atom. The van der Waals surface area contributed by atoms with Crippen LogP contribution in [0.2, 0.25) is 0 Å². The highest BCUT2D eigenvalue weighted by atomic mass is 19.1. The molecule has 0 atom stereocenters. The first-order chi connectivity index (χ1) is 12.5. The molecule has 0 heterocycles. The highest BCUT2D eigenvalue weighted by Gasteiger charge is 2.40. The van der Waals surface area contributed by atoms with Gasteiger partial charge in [-0.1, -0.05) is 38.7 Å². The van der Waals surface area contributed by atoms with E-state index in [0.717, 1.165) is 56.4 Å². The fourth-order valence-electron chi connectivity index (χ4n) is 3.22. The molecule has 0 saturated heterocycles. The second-order valence-corrected chi connectivity index (χ2v) is 6.71. The fourth-order valence-corrected chi connectivity index (χ4v) is 3.22. The van der Waals surface area contributed by atoms with Gasteiger partial charge in [0.1, 0.15) is 17.2 Å². The fraction of sp³-hybridized carbons (Fsp3) is 0.500. The van der Waals surface area contributed by atoms with Gasteiger partial charge in [-0.15, -0.1) is 0 Å². The second-order valence-electron chi connectivity index (χ2n) is 6.71. The van der Waals surface area contributed by atoms with Crippen LogP contribution in [0.1, 0.15) is 57.4 Å². The van der Waals surface area contributed by atoms with Gasteiger partial charge in [-0.2, -0.15) is 0 Å².